The van der Waals surface area contributed by atoms with Crippen molar-refractivity contribution >= 4 is 46.0 Å². The molecule has 2 N–H and O–H groups in total. The second-order valence-electron chi connectivity index (χ2n) is 4.57. The zero-order valence-electron chi connectivity index (χ0n) is 11.7. The van der Waals surface area contributed by atoms with Crippen molar-refractivity contribution in [3.63, 3.8) is 0 Å². The van der Waals surface area contributed by atoms with Gasteiger partial charge in [-0.2, -0.15) is 13.2 Å². The molecule has 126 valence electrons. The number of hydrogen-bond donors (Lipinski definition) is 2. The molecule has 0 aliphatic heterocycles. The summed E-state index contributed by atoms with van der Waals surface area (Å²) in [6.45, 7) is 0. The molecule has 0 saturated heterocycles. The average molecular weight is 376 g/mol. The maximum absolute atomic E-state index is 13.1. The second kappa shape index (κ2) is 7.02. The number of nitro groups is 1. The number of thiocarbonyl (C=S) groups is 1. The van der Waals surface area contributed by atoms with Gasteiger partial charge in [0.15, 0.2) is 5.11 Å². The molecule has 0 amide bonds. The SMILES string of the molecule is O=[N+]([O-])c1ccc(NC(=S)Nc2ccc(Cl)cc2)c(C(F)(F)F)c1. The molecule has 0 radical (unpaired) electrons. The normalized spacial score (nSPS) is 11.0. The Morgan fingerprint density at radius 2 is 1.75 bits per heavy atom. The molecule has 0 atom stereocenters. The summed E-state index contributed by atoms with van der Waals surface area (Å²) in [6.07, 6.45) is -4.77. The van der Waals surface area contributed by atoms with E-state index in [0.29, 0.717) is 16.8 Å². The Morgan fingerprint density at radius 1 is 1.12 bits per heavy atom. The van der Waals surface area contributed by atoms with Crippen LogP contribution in [0.4, 0.5) is 30.2 Å². The molecule has 0 saturated carbocycles. The van der Waals surface area contributed by atoms with E-state index in [0.717, 1.165) is 12.1 Å². The van der Waals surface area contributed by atoms with Gasteiger partial charge < -0.3 is 10.6 Å². The summed E-state index contributed by atoms with van der Waals surface area (Å²) in [5.41, 5.74) is -1.71. The number of nitro benzene ring substituents is 1. The second-order valence-corrected chi connectivity index (χ2v) is 5.42. The van der Waals surface area contributed by atoms with Crippen LogP contribution in [-0.4, -0.2) is 10.0 Å². The van der Waals surface area contributed by atoms with Crippen LogP contribution >= 0.6 is 23.8 Å². The Morgan fingerprint density at radius 3 is 2.29 bits per heavy atom. The molecule has 2 aromatic carbocycles. The third-order valence-electron chi connectivity index (χ3n) is 2.87. The molecule has 0 unspecified atom stereocenters. The van der Waals surface area contributed by atoms with E-state index >= 15 is 0 Å². The van der Waals surface area contributed by atoms with Gasteiger partial charge in [-0.3, -0.25) is 10.1 Å². The van der Waals surface area contributed by atoms with Crippen molar-refractivity contribution in [1.29, 1.82) is 0 Å². The lowest BCUT2D eigenvalue weighted by atomic mass is 10.1. The minimum atomic E-state index is -4.77. The minimum Gasteiger partial charge on any atom is -0.332 e. The van der Waals surface area contributed by atoms with Crippen molar-refractivity contribution in [2.45, 2.75) is 6.18 Å². The smallest absolute Gasteiger partial charge is 0.332 e. The molecular weight excluding hydrogens is 367 g/mol. The van der Waals surface area contributed by atoms with Crippen LogP contribution in [0.25, 0.3) is 0 Å². The Labute approximate surface area is 144 Å². The molecule has 0 aliphatic rings. The fraction of sp³-hybridized carbons (Fsp3) is 0.0714. The van der Waals surface area contributed by atoms with E-state index in [9.17, 15) is 23.3 Å². The summed E-state index contributed by atoms with van der Waals surface area (Å²) in [4.78, 5) is 9.75. The van der Waals surface area contributed by atoms with Gasteiger partial charge in [0, 0.05) is 22.8 Å². The number of anilines is 2. The summed E-state index contributed by atoms with van der Waals surface area (Å²) in [6, 6.07) is 8.72. The van der Waals surface area contributed by atoms with Crippen molar-refractivity contribution in [1.82, 2.24) is 0 Å². The van der Waals surface area contributed by atoms with Gasteiger partial charge in [0.2, 0.25) is 0 Å². The van der Waals surface area contributed by atoms with Crippen LogP contribution in [0.5, 0.6) is 0 Å². The molecular formula is C14H9ClF3N3O2S. The van der Waals surface area contributed by atoms with Gasteiger partial charge in [-0.15, -0.1) is 0 Å². The molecule has 5 nitrogen and oxygen atoms in total. The fourth-order valence-corrected chi connectivity index (χ4v) is 2.16. The predicted molar refractivity (Wildman–Crippen MR) is 89.4 cm³/mol. The largest absolute Gasteiger partial charge is 0.418 e. The number of nitrogens with one attached hydrogen (secondary N) is 2. The first-order valence-electron chi connectivity index (χ1n) is 6.36. The standard InChI is InChI=1S/C14H9ClF3N3O2S/c15-8-1-3-9(4-2-8)19-13(24)20-12-6-5-10(21(22)23)7-11(12)14(16,17)18/h1-7H,(H2,19,20,24). The van der Waals surface area contributed by atoms with E-state index in [2.05, 4.69) is 10.6 Å². The Kier molecular flexibility index (Phi) is 5.25. The first kappa shape index (κ1) is 18.0. The summed E-state index contributed by atoms with van der Waals surface area (Å²) in [5.74, 6) is 0. The predicted octanol–water partition coefficient (Wildman–Crippen LogP) is 5.08. The average Bonchev–Trinajstić information content (AvgIpc) is 2.48. The highest BCUT2D eigenvalue weighted by Crippen LogP contribution is 2.37. The maximum Gasteiger partial charge on any atom is 0.418 e. The van der Waals surface area contributed by atoms with Crippen LogP contribution in [0.1, 0.15) is 5.56 Å². The van der Waals surface area contributed by atoms with Crippen LogP contribution in [0.3, 0.4) is 0 Å². The zero-order chi connectivity index (χ0) is 17.9. The minimum absolute atomic E-state index is 0.100. The van der Waals surface area contributed by atoms with Crippen molar-refractivity contribution in [3.8, 4) is 0 Å². The van der Waals surface area contributed by atoms with Gasteiger partial charge in [-0.25, -0.2) is 0 Å². The number of alkyl halides is 3. The lowest BCUT2D eigenvalue weighted by Crippen LogP contribution is -2.21. The van der Waals surface area contributed by atoms with Crippen LogP contribution in [0.2, 0.25) is 5.02 Å². The van der Waals surface area contributed by atoms with Gasteiger partial charge in [0.25, 0.3) is 5.69 Å². The maximum atomic E-state index is 13.1. The van der Waals surface area contributed by atoms with Crippen LogP contribution in [0.15, 0.2) is 42.5 Å². The zero-order valence-corrected chi connectivity index (χ0v) is 13.3. The third kappa shape index (κ3) is 4.56. The number of halogens is 4. The highest BCUT2D eigenvalue weighted by molar-refractivity contribution is 7.80. The molecule has 10 heteroatoms. The number of hydrogen-bond acceptors (Lipinski definition) is 3. The van der Waals surface area contributed by atoms with Gasteiger partial charge in [-0.1, -0.05) is 11.6 Å². The first-order valence-corrected chi connectivity index (χ1v) is 7.14. The summed E-state index contributed by atoms with van der Waals surface area (Å²) >= 11 is 10.7. The third-order valence-corrected chi connectivity index (χ3v) is 3.33. The lowest BCUT2D eigenvalue weighted by Gasteiger charge is -2.15. The van der Waals surface area contributed by atoms with Crippen LogP contribution in [0, 0.1) is 10.1 Å². The molecule has 2 rings (SSSR count). The number of rotatable bonds is 3. The van der Waals surface area contributed by atoms with E-state index < -0.39 is 22.4 Å². The van der Waals surface area contributed by atoms with Gasteiger partial charge in [0.05, 0.1) is 16.2 Å². The van der Waals surface area contributed by atoms with Gasteiger partial charge in [0.1, 0.15) is 0 Å². The van der Waals surface area contributed by atoms with Gasteiger partial charge in [-0.05, 0) is 42.5 Å². The Balaban J connectivity index is 2.23. The molecule has 0 spiro atoms. The Bertz CT molecular complexity index is 782. The fourth-order valence-electron chi connectivity index (χ4n) is 1.81. The highest BCUT2D eigenvalue weighted by Gasteiger charge is 2.35. The Hall–Kier alpha value is -2.39. The van der Waals surface area contributed by atoms with Crippen molar-refractivity contribution in [3.05, 3.63) is 63.2 Å². The highest BCUT2D eigenvalue weighted by atomic mass is 35.5. The molecule has 0 aromatic heterocycles. The topological polar surface area (TPSA) is 67.2 Å². The van der Waals surface area contributed by atoms with E-state index in [1.54, 1.807) is 24.3 Å². The van der Waals surface area contributed by atoms with E-state index in [1.807, 2.05) is 0 Å². The monoisotopic (exact) mass is 375 g/mol. The summed E-state index contributed by atoms with van der Waals surface area (Å²) in [5, 5.41) is 16.1. The number of non-ortho nitro benzene ring substituents is 1. The van der Waals surface area contributed by atoms with Gasteiger partial charge >= 0.3 is 6.18 Å². The molecule has 0 fully saturated rings. The molecule has 2 aromatic rings. The van der Waals surface area contributed by atoms with E-state index in [1.165, 1.54) is 0 Å². The van der Waals surface area contributed by atoms with Crippen LogP contribution < -0.4 is 10.6 Å². The van der Waals surface area contributed by atoms with Crippen molar-refractivity contribution < 1.29 is 18.1 Å². The quantitative estimate of drug-likeness (QED) is 0.445. The number of nitrogens with zero attached hydrogens (tertiary/aromatic N) is 1. The van der Waals surface area contributed by atoms with Crippen molar-refractivity contribution in [2.24, 2.45) is 0 Å². The molecule has 0 heterocycles. The molecule has 0 aliphatic carbocycles. The molecule has 24 heavy (non-hydrogen) atoms. The van der Waals surface area contributed by atoms with Crippen molar-refractivity contribution in [2.75, 3.05) is 10.6 Å². The summed E-state index contributed by atoms with van der Waals surface area (Å²) < 4.78 is 39.2. The van der Waals surface area contributed by atoms with E-state index in [-0.39, 0.29) is 10.8 Å². The van der Waals surface area contributed by atoms with E-state index in [4.69, 9.17) is 23.8 Å². The first-order chi connectivity index (χ1) is 11.2. The van der Waals surface area contributed by atoms with Crippen LogP contribution in [-0.2, 0) is 6.18 Å². The number of benzene rings is 2. The molecule has 0 bridgehead atoms. The summed E-state index contributed by atoms with van der Waals surface area (Å²) in [7, 11) is 0. The lowest BCUT2D eigenvalue weighted by molar-refractivity contribution is -0.385.